The Morgan fingerprint density at radius 2 is 2.00 bits per heavy atom. The number of H-pyrrole nitrogens is 1. The van der Waals surface area contributed by atoms with Crippen molar-refractivity contribution in [3.63, 3.8) is 0 Å². The number of ether oxygens (including phenoxy) is 1. The summed E-state index contributed by atoms with van der Waals surface area (Å²) in [4.78, 5) is 28.6. The van der Waals surface area contributed by atoms with E-state index in [1.54, 1.807) is 30.5 Å². The normalized spacial score (nSPS) is 15.4. The number of nitrogens with zero attached hydrogens (tertiary/aromatic N) is 2. The Bertz CT molecular complexity index is 986. The molecule has 2 amide bonds. The van der Waals surface area contributed by atoms with Gasteiger partial charge >= 0.3 is 11.8 Å². The van der Waals surface area contributed by atoms with E-state index in [0.717, 1.165) is 24.1 Å². The van der Waals surface area contributed by atoms with Crippen LogP contribution >= 0.6 is 0 Å². The van der Waals surface area contributed by atoms with Gasteiger partial charge in [0.1, 0.15) is 5.75 Å². The van der Waals surface area contributed by atoms with E-state index in [-0.39, 0.29) is 6.04 Å². The number of para-hydroxylation sites is 1. The Kier molecular flexibility index (Phi) is 5.01. The van der Waals surface area contributed by atoms with Crippen LogP contribution in [0.5, 0.6) is 11.6 Å². The highest BCUT2D eigenvalue weighted by molar-refractivity contribution is 6.39. The van der Waals surface area contributed by atoms with E-state index in [1.807, 2.05) is 18.2 Å². The minimum absolute atomic E-state index is 0.0967. The molecular formula is C20H19N5O3. The molecule has 0 aliphatic heterocycles. The third-order valence-electron chi connectivity index (χ3n) is 4.52. The highest BCUT2D eigenvalue weighted by Gasteiger charge is 2.24. The van der Waals surface area contributed by atoms with Crippen LogP contribution in [0.25, 0.3) is 0 Å². The van der Waals surface area contributed by atoms with Gasteiger partial charge in [-0.3, -0.25) is 14.7 Å². The molecule has 3 aromatic rings. The molecule has 2 heterocycles. The summed E-state index contributed by atoms with van der Waals surface area (Å²) >= 11 is 0. The van der Waals surface area contributed by atoms with E-state index in [0.29, 0.717) is 23.7 Å². The van der Waals surface area contributed by atoms with Crippen molar-refractivity contribution in [1.29, 1.82) is 0 Å². The van der Waals surface area contributed by atoms with Gasteiger partial charge in [-0.25, -0.2) is 4.98 Å². The Hall–Kier alpha value is -3.68. The fourth-order valence-electron chi connectivity index (χ4n) is 3.12. The lowest BCUT2D eigenvalue weighted by Gasteiger charge is -2.22. The average molecular weight is 377 g/mol. The summed E-state index contributed by atoms with van der Waals surface area (Å²) in [6.07, 6.45) is 5.54. The van der Waals surface area contributed by atoms with Crippen LogP contribution in [0.15, 0.2) is 54.9 Å². The van der Waals surface area contributed by atoms with E-state index < -0.39 is 11.8 Å². The van der Waals surface area contributed by atoms with Crippen molar-refractivity contribution < 1.29 is 14.3 Å². The van der Waals surface area contributed by atoms with Gasteiger partial charge in [0.2, 0.25) is 5.88 Å². The second kappa shape index (κ2) is 7.91. The number of aromatic nitrogens is 3. The van der Waals surface area contributed by atoms with E-state index in [2.05, 4.69) is 25.8 Å². The monoisotopic (exact) mass is 377 g/mol. The molecule has 0 saturated heterocycles. The maximum absolute atomic E-state index is 12.2. The molecule has 2 aromatic heterocycles. The Labute approximate surface area is 161 Å². The molecule has 142 valence electrons. The van der Waals surface area contributed by atoms with Gasteiger partial charge in [0.25, 0.3) is 0 Å². The maximum atomic E-state index is 12.2. The number of amides is 2. The highest BCUT2D eigenvalue weighted by atomic mass is 16.5. The third kappa shape index (κ3) is 4.17. The van der Waals surface area contributed by atoms with Crippen LogP contribution in [0.2, 0.25) is 0 Å². The van der Waals surface area contributed by atoms with Gasteiger partial charge in [-0.1, -0.05) is 18.2 Å². The summed E-state index contributed by atoms with van der Waals surface area (Å²) in [6, 6.07) is 12.3. The maximum Gasteiger partial charge on any atom is 0.313 e. The molecule has 1 aliphatic carbocycles. The molecule has 0 spiro atoms. The number of benzene rings is 1. The van der Waals surface area contributed by atoms with Gasteiger partial charge < -0.3 is 15.4 Å². The van der Waals surface area contributed by atoms with Crippen molar-refractivity contribution in [2.45, 2.75) is 25.3 Å². The molecule has 1 aromatic carbocycles. The van der Waals surface area contributed by atoms with Crippen LogP contribution in [0.4, 0.5) is 5.69 Å². The summed E-state index contributed by atoms with van der Waals surface area (Å²) in [5.41, 5.74) is 2.60. The van der Waals surface area contributed by atoms with Gasteiger partial charge in [0, 0.05) is 36.1 Å². The molecule has 1 atom stereocenters. The molecular weight excluding hydrogens is 358 g/mol. The summed E-state index contributed by atoms with van der Waals surface area (Å²) in [5, 5.41) is 12.3. The number of anilines is 1. The number of nitrogens with one attached hydrogen (secondary N) is 3. The molecule has 0 bridgehead atoms. The number of rotatable bonds is 4. The minimum Gasteiger partial charge on any atom is -0.439 e. The van der Waals surface area contributed by atoms with E-state index in [1.165, 1.54) is 6.20 Å². The minimum atomic E-state index is -0.729. The van der Waals surface area contributed by atoms with Crippen LogP contribution in [-0.2, 0) is 22.4 Å². The Balaban J connectivity index is 1.34. The molecule has 8 heteroatoms. The SMILES string of the molecule is O=C(Nc1ccnc(Oc2ccccc2)c1)C(=O)N[C@@H]1CCc2cn[nH]c2C1. The van der Waals surface area contributed by atoms with Gasteiger partial charge in [-0.15, -0.1) is 0 Å². The van der Waals surface area contributed by atoms with Crippen LogP contribution in [0.3, 0.4) is 0 Å². The Morgan fingerprint density at radius 3 is 2.86 bits per heavy atom. The van der Waals surface area contributed by atoms with E-state index >= 15 is 0 Å². The number of aryl methyl sites for hydroxylation is 1. The van der Waals surface area contributed by atoms with Crippen LogP contribution in [-0.4, -0.2) is 33.0 Å². The smallest absolute Gasteiger partial charge is 0.313 e. The number of carbonyl (C=O) groups excluding carboxylic acids is 2. The average Bonchev–Trinajstić information content (AvgIpc) is 3.17. The number of fused-ring (bicyclic) bond motifs is 1. The Morgan fingerprint density at radius 1 is 1.14 bits per heavy atom. The molecule has 28 heavy (non-hydrogen) atoms. The number of hydrogen-bond acceptors (Lipinski definition) is 5. The molecule has 3 N–H and O–H groups in total. The summed E-state index contributed by atoms with van der Waals surface area (Å²) in [6.45, 7) is 0. The zero-order chi connectivity index (χ0) is 19.3. The lowest BCUT2D eigenvalue weighted by Crippen LogP contribution is -2.44. The largest absolute Gasteiger partial charge is 0.439 e. The molecule has 4 rings (SSSR count). The first-order valence-corrected chi connectivity index (χ1v) is 8.99. The zero-order valence-corrected chi connectivity index (χ0v) is 15.0. The molecule has 1 aliphatic rings. The van der Waals surface area contributed by atoms with Gasteiger partial charge in [0.15, 0.2) is 0 Å². The number of carbonyl (C=O) groups is 2. The van der Waals surface area contributed by atoms with Crippen molar-refractivity contribution in [2.75, 3.05) is 5.32 Å². The zero-order valence-electron chi connectivity index (χ0n) is 15.0. The quantitative estimate of drug-likeness (QED) is 0.604. The molecule has 0 fully saturated rings. The fraction of sp³-hybridized carbons (Fsp3) is 0.200. The van der Waals surface area contributed by atoms with Crippen molar-refractivity contribution >= 4 is 17.5 Å². The van der Waals surface area contributed by atoms with Crippen molar-refractivity contribution in [1.82, 2.24) is 20.5 Å². The van der Waals surface area contributed by atoms with Crippen LogP contribution in [0, 0.1) is 0 Å². The van der Waals surface area contributed by atoms with E-state index in [9.17, 15) is 9.59 Å². The lowest BCUT2D eigenvalue weighted by molar-refractivity contribution is -0.136. The van der Waals surface area contributed by atoms with Crippen molar-refractivity contribution in [3.8, 4) is 11.6 Å². The molecule has 0 radical (unpaired) electrons. The second-order valence-corrected chi connectivity index (χ2v) is 6.54. The summed E-state index contributed by atoms with van der Waals surface area (Å²) < 4.78 is 5.64. The summed E-state index contributed by atoms with van der Waals surface area (Å²) in [7, 11) is 0. The first-order chi connectivity index (χ1) is 13.7. The summed E-state index contributed by atoms with van der Waals surface area (Å²) in [5.74, 6) is -0.447. The molecule has 0 unspecified atom stereocenters. The van der Waals surface area contributed by atoms with Crippen molar-refractivity contribution in [2.24, 2.45) is 0 Å². The fourth-order valence-corrected chi connectivity index (χ4v) is 3.12. The standard InChI is InChI=1S/C20H19N5O3/c26-19(23-14-7-6-13-12-22-25-17(13)10-14)20(27)24-15-8-9-21-18(11-15)28-16-4-2-1-3-5-16/h1-5,8-9,11-12,14H,6-7,10H2,(H,22,25)(H,23,26)(H,21,24,27)/t14-/m1/s1. The number of pyridine rings is 1. The topological polar surface area (TPSA) is 109 Å². The number of aromatic amines is 1. The third-order valence-corrected chi connectivity index (χ3v) is 4.52. The number of hydrogen-bond donors (Lipinski definition) is 3. The van der Waals surface area contributed by atoms with Gasteiger partial charge in [0.05, 0.1) is 6.20 Å². The van der Waals surface area contributed by atoms with Gasteiger partial charge in [-0.05, 0) is 36.6 Å². The van der Waals surface area contributed by atoms with Gasteiger partial charge in [-0.2, -0.15) is 5.10 Å². The molecule has 8 nitrogen and oxygen atoms in total. The predicted molar refractivity (Wildman–Crippen MR) is 102 cm³/mol. The van der Waals surface area contributed by atoms with Crippen LogP contribution in [0.1, 0.15) is 17.7 Å². The first-order valence-electron chi connectivity index (χ1n) is 8.99. The molecule has 0 saturated carbocycles. The lowest BCUT2D eigenvalue weighted by atomic mass is 9.94. The van der Waals surface area contributed by atoms with E-state index in [4.69, 9.17) is 4.74 Å². The second-order valence-electron chi connectivity index (χ2n) is 6.54. The highest BCUT2D eigenvalue weighted by Crippen LogP contribution is 2.21. The van der Waals surface area contributed by atoms with Crippen LogP contribution < -0.4 is 15.4 Å². The predicted octanol–water partition coefficient (Wildman–Crippen LogP) is 2.21. The van der Waals surface area contributed by atoms with Crippen molar-refractivity contribution in [3.05, 3.63) is 66.1 Å². The first kappa shape index (κ1) is 17.7.